The van der Waals surface area contributed by atoms with E-state index < -0.39 is 12.1 Å². The second-order valence-corrected chi connectivity index (χ2v) is 7.24. The van der Waals surface area contributed by atoms with Crippen LogP contribution in [0.25, 0.3) is 10.9 Å². The monoisotopic (exact) mass is 396 g/mol. The fourth-order valence-corrected chi connectivity index (χ4v) is 4.02. The normalized spacial score (nSPS) is 24.1. The van der Waals surface area contributed by atoms with Gasteiger partial charge in [-0.25, -0.2) is 0 Å². The Balaban J connectivity index is 1.73. The number of aromatic amines is 1. The molecule has 0 saturated heterocycles. The first kappa shape index (κ1) is 16.0. The molecule has 2 unspecified atom stereocenters. The third-order valence-electron chi connectivity index (χ3n) is 4.81. The Hall–Kier alpha value is -1.53. The molecular formula is C18H16BrF3N2. The van der Waals surface area contributed by atoms with Gasteiger partial charge >= 0.3 is 6.18 Å². The van der Waals surface area contributed by atoms with Crippen LogP contribution >= 0.6 is 15.9 Å². The molecule has 1 aromatic carbocycles. The fourth-order valence-electron chi connectivity index (χ4n) is 3.66. The quantitative estimate of drug-likeness (QED) is 0.682. The molecule has 0 fully saturated rings. The summed E-state index contributed by atoms with van der Waals surface area (Å²) in [5.41, 5.74) is 4.01. The predicted molar refractivity (Wildman–Crippen MR) is 91.8 cm³/mol. The lowest BCUT2D eigenvalue weighted by Crippen LogP contribution is -2.33. The van der Waals surface area contributed by atoms with Gasteiger partial charge < -0.3 is 10.3 Å². The highest BCUT2D eigenvalue weighted by molar-refractivity contribution is 9.10. The lowest BCUT2D eigenvalue weighted by molar-refractivity contribution is -0.161. The first-order chi connectivity index (χ1) is 11.4. The Labute approximate surface area is 145 Å². The lowest BCUT2D eigenvalue weighted by Gasteiger charge is -2.30. The van der Waals surface area contributed by atoms with E-state index in [2.05, 4.69) is 32.3 Å². The molecule has 2 heterocycles. The van der Waals surface area contributed by atoms with Crippen LogP contribution < -0.4 is 5.32 Å². The van der Waals surface area contributed by atoms with Crippen molar-refractivity contribution in [3.63, 3.8) is 0 Å². The number of alkyl halides is 3. The van der Waals surface area contributed by atoms with Gasteiger partial charge in [-0.15, -0.1) is 0 Å². The van der Waals surface area contributed by atoms with E-state index in [-0.39, 0.29) is 12.5 Å². The van der Waals surface area contributed by atoms with Crippen molar-refractivity contribution in [3.05, 3.63) is 57.7 Å². The van der Waals surface area contributed by atoms with Crippen LogP contribution in [0.3, 0.4) is 0 Å². The summed E-state index contributed by atoms with van der Waals surface area (Å²) in [6, 6.07) is 5.85. The molecule has 1 aromatic heterocycles. The maximum atomic E-state index is 13.1. The summed E-state index contributed by atoms with van der Waals surface area (Å²) in [5, 5.41) is 4.52. The topological polar surface area (TPSA) is 27.8 Å². The van der Waals surface area contributed by atoms with Gasteiger partial charge in [0, 0.05) is 27.6 Å². The number of allylic oxidation sites excluding steroid dienone is 3. The fraction of sp³-hybridized carbons (Fsp3) is 0.333. The number of H-pyrrole nitrogens is 1. The summed E-state index contributed by atoms with van der Waals surface area (Å²) in [7, 11) is 0. The largest absolute Gasteiger partial charge is 0.395 e. The zero-order valence-electron chi connectivity index (χ0n) is 12.8. The highest BCUT2D eigenvalue weighted by Gasteiger charge is 2.40. The van der Waals surface area contributed by atoms with E-state index >= 15 is 0 Å². The molecule has 2 nitrogen and oxygen atoms in total. The van der Waals surface area contributed by atoms with Gasteiger partial charge in [-0.1, -0.05) is 34.2 Å². The van der Waals surface area contributed by atoms with Crippen LogP contribution in [0, 0.1) is 5.92 Å². The second kappa shape index (κ2) is 5.77. The number of halogens is 4. The van der Waals surface area contributed by atoms with Crippen molar-refractivity contribution in [1.29, 1.82) is 0 Å². The first-order valence-corrected chi connectivity index (χ1v) is 8.70. The third kappa shape index (κ3) is 2.71. The van der Waals surface area contributed by atoms with Gasteiger partial charge in [-0.3, -0.25) is 0 Å². The van der Waals surface area contributed by atoms with Gasteiger partial charge in [-0.2, -0.15) is 13.2 Å². The summed E-state index contributed by atoms with van der Waals surface area (Å²) < 4.78 is 40.2. The molecule has 2 aromatic rings. The van der Waals surface area contributed by atoms with Crippen molar-refractivity contribution in [3.8, 4) is 0 Å². The summed E-state index contributed by atoms with van der Waals surface area (Å²) in [5.74, 6) is -1.40. The minimum absolute atomic E-state index is 0.0101. The highest BCUT2D eigenvalue weighted by atomic mass is 79.9. The van der Waals surface area contributed by atoms with Crippen LogP contribution in [-0.2, 0) is 6.42 Å². The molecular weight excluding hydrogens is 381 g/mol. The van der Waals surface area contributed by atoms with Gasteiger partial charge in [0.15, 0.2) is 0 Å². The summed E-state index contributed by atoms with van der Waals surface area (Å²) in [6.45, 7) is 0.759. The number of rotatable bonds is 1. The van der Waals surface area contributed by atoms with Crippen LogP contribution in [0.15, 0.2) is 46.5 Å². The summed E-state index contributed by atoms with van der Waals surface area (Å²) in [4.78, 5) is 3.41. The Kier molecular flexibility index (Phi) is 3.84. The van der Waals surface area contributed by atoms with Gasteiger partial charge in [0.25, 0.3) is 0 Å². The Bertz CT molecular complexity index is 848. The van der Waals surface area contributed by atoms with Crippen molar-refractivity contribution in [2.24, 2.45) is 5.92 Å². The molecule has 2 atom stereocenters. The predicted octanol–water partition coefficient (Wildman–Crippen LogP) is 5.18. The smallest absolute Gasteiger partial charge is 0.357 e. The van der Waals surface area contributed by atoms with Crippen LogP contribution in [0.1, 0.15) is 23.7 Å². The van der Waals surface area contributed by atoms with E-state index in [0.29, 0.717) is 0 Å². The molecule has 24 heavy (non-hydrogen) atoms. The van der Waals surface area contributed by atoms with Crippen LogP contribution in [-0.4, -0.2) is 17.7 Å². The molecule has 1 aliphatic carbocycles. The molecule has 6 heteroatoms. The molecule has 0 spiro atoms. The van der Waals surface area contributed by atoms with Crippen molar-refractivity contribution in [2.45, 2.75) is 25.1 Å². The minimum atomic E-state index is -4.20. The summed E-state index contributed by atoms with van der Waals surface area (Å²) in [6.07, 6.45) is 1.28. The van der Waals surface area contributed by atoms with Crippen LogP contribution in [0.2, 0.25) is 0 Å². The standard InChI is InChI=1S/C18H16BrF3N2/c19-12-4-5-15-14(9-12)13-6-7-23-16(17(13)24-15)10-2-1-3-11(8-10)18(20,21)22/h1-5,9,11,16,23-24H,6-8H2. The second-order valence-electron chi connectivity index (χ2n) is 6.32. The van der Waals surface area contributed by atoms with Crippen molar-refractivity contribution in [2.75, 3.05) is 6.54 Å². The number of hydrogen-bond acceptors (Lipinski definition) is 1. The first-order valence-electron chi connectivity index (χ1n) is 7.91. The minimum Gasteiger partial charge on any atom is -0.357 e. The molecule has 1 aliphatic heterocycles. The number of nitrogens with one attached hydrogen (secondary N) is 2. The van der Waals surface area contributed by atoms with E-state index in [4.69, 9.17) is 0 Å². The number of aromatic nitrogens is 1. The van der Waals surface area contributed by atoms with Crippen molar-refractivity contribution in [1.82, 2.24) is 10.3 Å². The molecule has 0 radical (unpaired) electrons. The molecule has 126 valence electrons. The van der Waals surface area contributed by atoms with E-state index in [1.54, 1.807) is 0 Å². The van der Waals surface area contributed by atoms with Crippen LogP contribution in [0.5, 0.6) is 0 Å². The third-order valence-corrected chi connectivity index (χ3v) is 5.31. The van der Waals surface area contributed by atoms with E-state index in [0.717, 1.165) is 39.6 Å². The summed E-state index contributed by atoms with van der Waals surface area (Å²) >= 11 is 3.49. The van der Waals surface area contributed by atoms with Crippen LogP contribution in [0.4, 0.5) is 13.2 Å². The Morgan fingerprint density at radius 3 is 2.83 bits per heavy atom. The average molecular weight is 397 g/mol. The SMILES string of the molecule is FC(F)(F)C1C=CC=C(C2NCCc3c2[nH]c2ccc(Br)cc32)C1. The van der Waals surface area contributed by atoms with E-state index in [1.807, 2.05) is 18.2 Å². The van der Waals surface area contributed by atoms with Crippen molar-refractivity contribution >= 4 is 26.8 Å². The number of fused-ring (bicyclic) bond motifs is 3. The lowest BCUT2D eigenvalue weighted by atomic mass is 9.85. The van der Waals surface area contributed by atoms with Gasteiger partial charge in [0.1, 0.15) is 0 Å². The molecule has 2 aliphatic rings. The maximum Gasteiger partial charge on any atom is 0.395 e. The molecule has 4 rings (SSSR count). The Morgan fingerprint density at radius 2 is 2.04 bits per heavy atom. The van der Waals surface area contributed by atoms with E-state index in [9.17, 15) is 13.2 Å². The maximum absolute atomic E-state index is 13.1. The molecule has 0 saturated carbocycles. The number of hydrogen-bond donors (Lipinski definition) is 2. The van der Waals surface area contributed by atoms with Gasteiger partial charge in [0.05, 0.1) is 12.0 Å². The van der Waals surface area contributed by atoms with Crippen molar-refractivity contribution < 1.29 is 13.2 Å². The highest BCUT2D eigenvalue weighted by Crippen LogP contribution is 2.41. The zero-order chi connectivity index (χ0) is 16.9. The number of benzene rings is 1. The molecule has 0 amide bonds. The van der Waals surface area contributed by atoms with Gasteiger partial charge in [0.2, 0.25) is 0 Å². The van der Waals surface area contributed by atoms with E-state index in [1.165, 1.54) is 17.7 Å². The average Bonchev–Trinajstić information content (AvgIpc) is 2.92. The zero-order valence-corrected chi connectivity index (χ0v) is 14.3. The van der Waals surface area contributed by atoms with Gasteiger partial charge in [-0.05, 0) is 42.2 Å². The molecule has 2 N–H and O–H groups in total. The Morgan fingerprint density at radius 1 is 1.21 bits per heavy atom. The molecule has 0 bridgehead atoms.